The van der Waals surface area contributed by atoms with E-state index in [9.17, 15) is 4.79 Å². The Kier molecular flexibility index (Phi) is 3.10. The minimum absolute atomic E-state index is 0.0103. The molecule has 2 rings (SSSR count). The summed E-state index contributed by atoms with van der Waals surface area (Å²) in [5.74, 6) is 0.163. The van der Waals surface area contributed by atoms with E-state index in [0.717, 1.165) is 12.8 Å². The maximum atomic E-state index is 11.8. The summed E-state index contributed by atoms with van der Waals surface area (Å²) in [4.78, 5) is 11.8. The van der Waals surface area contributed by atoms with Crippen LogP contribution < -0.4 is 0 Å². The highest BCUT2D eigenvalue weighted by molar-refractivity contribution is 5.80. The number of hydrogen-bond donors (Lipinski definition) is 0. The fourth-order valence-electron chi connectivity index (χ4n) is 2.97. The molecule has 0 unspecified atom stereocenters. The fourth-order valence-corrected chi connectivity index (χ4v) is 2.97. The van der Waals surface area contributed by atoms with Gasteiger partial charge in [0.1, 0.15) is 5.78 Å². The third-order valence-corrected chi connectivity index (χ3v) is 4.12. The van der Waals surface area contributed by atoms with E-state index in [4.69, 9.17) is 9.47 Å². The molecule has 3 nitrogen and oxygen atoms in total. The van der Waals surface area contributed by atoms with Crippen molar-refractivity contribution in [3.8, 4) is 0 Å². The van der Waals surface area contributed by atoms with Gasteiger partial charge in [-0.3, -0.25) is 4.79 Å². The van der Waals surface area contributed by atoms with Crippen molar-refractivity contribution >= 4 is 5.78 Å². The fraction of sp³-hybridized carbons (Fsp3) is 0.923. The van der Waals surface area contributed by atoms with Gasteiger partial charge in [0.2, 0.25) is 0 Å². The Morgan fingerprint density at radius 2 is 2.19 bits per heavy atom. The smallest absolute Gasteiger partial charge is 0.166 e. The summed E-state index contributed by atoms with van der Waals surface area (Å²) in [6.07, 6.45) is 2.90. The van der Waals surface area contributed by atoms with Gasteiger partial charge in [0.25, 0.3) is 0 Å². The van der Waals surface area contributed by atoms with E-state index < -0.39 is 5.79 Å². The zero-order valence-electron chi connectivity index (χ0n) is 10.7. The van der Waals surface area contributed by atoms with Gasteiger partial charge in [0.05, 0.1) is 12.2 Å². The van der Waals surface area contributed by atoms with Gasteiger partial charge in [-0.15, -0.1) is 0 Å². The van der Waals surface area contributed by atoms with Crippen molar-refractivity contribution in [2.45, 2.75) is 65.0 Å². The first-order valence-electron chi connectivity index (χ1n) is 6.35. The van der Waals surface area contributed by atoms with Crippen molar-refractivity contribution in [2.24, 2.45) is 11.8 Å². The quantitative estimate of drug-likeness (QED) is 0.742. The molecule has 0 N–H and O–H groups in total. The molecule has 0 spiro atoms. The molecule has 0 amide bonds. The minimum atomic E-state index is -0.440. The highest BCUT2D eigenvalue weighted by Gasteiger charge is 2.50. The van der Waals surface area contributed by atoms with Crippen LogP contribution >= 0.6 is 0 Å². The Bertz CT molecular complexity index is 289. The van der Waals surface area contributed by atoms with Crippen LogP contribution in [0.5, 0.6) is 0 Å². The predicted octanol–water partition coefficient (Wildman–Crippen LogP) is 2.53. The Morgan fingerprint density at radius 3 is 2.81 bits per heavy atom. The average molecular weight is 226 g/mol. The van der Waals surface area contributed by atoms with Gasteiger partial charge in [-0.25, -0.2) is 0 Å². The standard InChI is InChI=1S/C13H22O3/c1-5-10(14)8(2)12-9(3)11-6-7-13(4,15-11)16-12/h8-9,11-12H,5-7H2,1-4H3/t8-,9+,11+,12+,13-/m1/s1. The van der Waals surface area contributed by atoms with Crippen LogP contribution in [-0.4, -0.2) is 23.8 Å². The third-order valence-electron chi connectivity index (χ3n) is 4.12. The summed E-state index contributed by atoms with van der Waals surface area (Å²) < 4.78 is 11.9. The van der Waals surface area contributed by atoms with Crippen LogP contribution in [0.4, 0.5) is 0 Å². The lowest BCUT2D eigenvalue weighted by Crippen LogP contribution is -2.49. The predicted molar refractivity (Wildman–Crippen MR) is 61.0 cm³/mol. The second-order valence-corrected chi connectivity index (χ2v) is 5.38. The second kappa shape index (κ2) is 4.11. The van der Waals surface area contributed by atoms with Crippen LogP contribution in [0.25, 0.3) is 0 Å². The number of fused-ring (bicyclic) bond motifs is 2. The van der Waals surface area contributed by atoms with E-state index in [2.05, 4.69) is 6.92 Å². The second-order valence-electron chi connectivity index (χ2n) is 5.38. The Morgan fingerprint density at radius 1 is 1.50 bits per heavy atom. The van der Waals surface area contributed by atoms with Crippen molar-refractivity contribution in [1.29, 1.82) is 0 Å². The molecule has 0 aliphatic carbocycles. The van der Waals surface area contributed by atoms with Crippen LogP contribution in [-0.2, 0) is 14.3 Å². The van der Waals surface area contributed by atoms with Crippen LogP contribution in [0.2, 0.25) is 0 Å². The Labute approximate surface area is 97.5 Å². The van der Waals surface area contributed by atoms with E-state index in [-0.39, 0.29) is 18.1 Å². The number of ether oxygens (including phenoxy) is 2. The topological polar surface area (TPSA) is 35.5 Å². The lowest BCUT2D eigenvalue weighted by molar-refractivity contribution is -0.301. The first kappa shape index (κ1) is 12.1. The molecule has 2 aliphatic heterocycles. The Balaban J connectivity index is 2.13. The number of ketones is 1. The first-order chi connectivity index (χ1) is 7.47. The van der Waals surface area contributed by atoms with Crippen LogP contribution in [0.3, 0.4) is 0 Å². The van der Waals surface area contributed by atoms with Gasteiger partial charge in [0, 0.05) is 24.7 Å². The molecule has 0 aromatic carbocycles. The summed E-state index contributed by atoms with van der Waals surface area (Å²) in [6.45, 7) is 8.04. The summed E-state index contributed by atoms with van der Waals surface area (Å²) in [6, 6.07) is 0. The molecule has 92 valence electrons. The molecule has 0 aromatic rings. The van der Waals surface area contributed by atoms with Crippen molar-refractivity contribution in [1.82, 2.24) is 0 Å². The molecular formula is C13H22O3. The van der Waals surface area contributed by atoms with E-state index >= 15 is 0 Å². The highest BCUT2D eigenvalue weighted by Crippen LogP contribution is 2.44. The number of rotatable bonds is 3. The molecule has 16 heavy (non-hydrogen) atoms. The van der Waals surface area contributed by atoms with Crippen molar-refractivity contribution in [2.75, 3.05) is 0 Å². The lowest BCUT2D eigenvalue weighted by Gasteiger charge is -2.42. The van der Waals surface area contributed by atoms with Crippen LogP contribution in [0.1, 0.15) is 47.0 Å². The maximum Gasteiger partial charge on any atom is 0.166 e. The molecule has 0 aromatic heterocycles. The van der Waals surface area contributed by atoms with Crippen molar-refractivity contribution in [3.63, 3.8) is 0 Å². The zero-order chi connectivity index (χ0) is 11.9. The highest BCUT2D eigenvalue weighted by atomic mass is 16.7. The molecule has 2 bridgehead atoms. The molecule has 5 atom stereocenters. The summed E-state index contributed by atoms with van der Waals surface area (Å²) in [7, 11) is 0. The maximum absolute atomic E-state index is 11.8. The molecular weight excluding hydrogens is 204 g/mol. The summed E-state index contributed by atoms with van der Waals surface area (Å²) in [5, 5.41) is 0. The summed E-state index contributed by atoms with van der Waals surface area (Å²) in [5.41, 5.74) is 0. The monoisotopic (exact) mass is 226 g/mol. The molecule has 0 saturated carbocycles. The molecule has 2 saturated heterocycles. The van der Waals surface area contributed by atoms with Gasteiger partial charge in [-0.2, -0.15) is 0 Å². The van der Waals surface area contributed by atoms with Crippen LogP contribution in [0, 0.1) is 11.8 Å². The average Bonchev–Trinajstić information content (AvgIpc) is 2.61. The van der Waals surface area contributed by atoms with Gasteiger partial charge in [-0.1, -0.05) is 20.8 Å². The molecule has 0 radical (unpaired) electrons. The minimum Gasteiger partial charge on any atom is -0.347 e. The van der Waals surface area contributed by atoms with Gasteiger partial charge in [-0.05, 0) is 13.3 Å². The molecule has 3 heteroatoms. The lowest BCUT2D eigenvalue weighted by atomic mass is 9.85. The zero-order valence-corrected chi connectivity index (χ0v) is 10.7. The Hall–Kier alpha value is -0.410. The van der Waals surface area contributed by atoms with E-state index in [0.29, 0.717) is 18.1 Å². The molecule has 2 fully saturated rings. The SMILES string of the molecule is CCC(=O)[C@@H](C)[C@@H]1O[C@]2(C)CC[C@H](O2)[C@@H]1C. The van der Waals surface area contributed by atoms with Crippen molar-refractivity contribution < 1.29 is 14.3 Å². The van der Waals surface area contributed by atoms with Gasteiger partial charge < -0.3 is 9.47 Å². The first-order valence-corrected chi connectivity index (χ1v) is 6.35. The van der Waals surface area contributed by atoms with Gasteiger partial charge in [0.15, 0.2) is 5.79 Å². The number of carbonyl (C=O) groups is 1. The van der Waals surface area contributed by atoms with Crippen LogP contribution in [0.15, 0.2) is 0 Å². The molecule has 2 heterocycles. The van der Waals surface area contributed by atoms with E-state index in [1.807, 2.05) is 20.8 Å². The van der Waals surface area contributed by atoms with E-state index in [1.54, 1.807) is 0 Å². The third kappa shape index (κ3) is 1.91. The number of carbonyl (C=O) groups excluding carboxylic acids is 1. The summed E-state index contributed by atoms with van der Waals surface area (Å²) >= 11 is 0. The number of hydrogen-bond acceptors (Lipinski definition) is 3. The van der Waals surface area contributed by atoms with Gasteiger partial charge >= 0.3 is 0 Å². The molecule has 2 aliphatic rings. The van der Waals surface area contributed by atoms with E-state index in [1.165, 1.54) is 0 Å². The van der Waals surface area contributed by atoms with Crippen molar-refractivity contribution in [3.05, 3.63) is 0 Å². The number of Topliss-reactive ketones (excluding diaryl/α,β-unsaturated/α-hetero) is 1. The largest absolute Gasteiger partial charge is 0.347 e. The normalized spacial score (nSPS) is 44.4.